The van der Waals surface area contributed by atoms with E-state index >= 15 is 0 Å². The van der Waals surface area contributed by atoms with Crippen molar-refractivity contribution in [3.63, 3.8) is 0 Å². The summed E-state index contributed by atoms with van der Waals surface area (Å²) >= 11 is 0.420. The first-order valence-corrected chi connectivity index (χ1v) is 3.94. The van der Waals surface area contributed by atoms with E-state index in [1.165, 1.54) is 0 Å². The minimum atomic E-state index is -0.404. The second-order valence-corrected chi connectivity index (χ2v) is 2.16. The molecule has 0 aliphatic heterocycles. The maximum Gasteiger partial charge on any atom is 0.320 e. The van der Waals surface area contributed by atoms with Gasteiger partial charge in [0.25, 0.3) is 12.3 Å². The van der Waals surface area contributed by atoms with E-state index in [4.69, 9.17) is 0 Å². The van der Waals surface area contributed by atoms with Gasteiger partial charge in [-0.25, -0.2) is 0 Å². The Hall–Kier alpha value is -0.0866. The van der Waals surface area contributed by atoms with Crippen LogP contribution in [0.4, 0.5) is 0 Å². The van der Waals surface area contributed by atoms with Crippen LogP contribution in [0.25, 0.3) is 0 Å². The van der Waals surface area contributed by atoms with Gasteiger partial charge in [0, 0.05) is 32.3 Å². The predicted molar refractivity (Wildman–Crippen MR) is 40.4 cm³/mol. The molecule has 0 atom stereocenters. The first-order valence-electron chi connectivity index (χ1n) is 3.27. The van der Waals surface area contributed by atoms with E-state index in [1.807, 2.05) is 0 Å². The summed E-state index contributed by atoms with van der Waals surface area (Å²) < 4.78 is 8.80. The van der Waals surface area contributed by atoms with Crippen molar-refractivity contribution in [1.29, 1.82) is 0 Å². The molecule has 0 rings (SSSR count). The zero-order valence-corrected chi connectivity index (χ0v) is 10.9. The molecule has 0 aromatic heterocycles. The molecule has 0 saturated heterocycles. The number of hydrogen-bond donors (Lipinski definition) is 0. The standard InChI is InChI=1S/C6H10O4S.Zn/c1-3-5(7)9-11-10-6(8)4-2;/h3-4H2,1-2H3;. The number of carbonyl (C=O) groups is 2. The summed E-state index contributed by atoms with van der Waals surface area (Å²) in [6, 6.07) is 0. The molecular formula is C6H10O4SZn. The van der Waals surface area contributed by atoms with E-state index in [0.717, 1.165) is 0 Å². The second-order valence-electron chi connectivity index (χ2n) is 1.69. The van der Waals surface area contributed by atoms with E-state index in [2.05, 4.69) is 8.37 Å². The molecule has 0 aliphatic carbocycles. The van der Waals surface area contributed by atoms with E-state index in [0.29, 0.717) is 12.3 Å². The minimum Gasteiger partial charge on any atom is -0.355 e. The van der Waals surface area contributed by atoms with Gasteiger partial charge in [0.05, 0.1) is 0 Å². The van der Waals surface area contributed by atoms with Crippen molar-refractivity contribution in [1.82, 2.24) is 0 Å². The van der Waals surface area contributed by atoms with Crippen molar-refractivity contribution in [2.24, 2.45) is 0 Å². The van der Waals surface area contributed by atoms with Crippen LogP contribution in [-0.2, 0) is 37.4 Å². The Kier molecular flexibility index (Phi) is 10.8. The van der Waals surface area contributed by atoms with Gasteiger partial charge in [0.1, 0.15) is 0 Å². The van der Waals surface area contributed by atoms with Crippen LogP contribution in [-0.4, -0.2) is 11.9 Å². The van der Waals surface area contributed by atoms with E-state index in [9.17, 15) is 9.59 Å². The number of rotatable bonds is 4. The predicted octanol–water partition coefficient (Wildman–Crippen LogP) is 1.45. The summed E-state index contributed by atoms with van der Waals surface area (Å²) in [7, 11) is 0. The Morgan fingerprint density at radius 3 is 1.67 bits per heavy atom. The molecule has 0 heterocycles. The largest absolute Gasteiger partial charge is 0.355 e. The quantitative estimate of drug-likeness (QED) is 0.553. The van der Waals surface area contributed by atoms with Gasteiger partial charge < -0.3 is 8.37 Å². The Labute approximate surface area is 88.5 Å². The van der Waals surface area contributed by atoms with Crippen molar-refractivity contribution in [3.05, 3.63) is 0 Å². The summed E-state index contributed by atoms with van der Waals surface area (Å²) in [6.45, 7) is 3.31. The van der Waals surface area contributed by atoms with Crippen molar-refractivity contribution in [2.45, 2.75) is 26.7 Å². The molecule has 0 fully saturated rings. The smallest absolute Gasteiger partial charge is 0.320 e. The Balaban J connectivity index is 0. The van der Waals surface area contributed by atoms with Crippen LogP contribution >= 0.6 is 12.3 Å². The average molecular weight is 244 g/mol. The van der Waals surface area contributed by atoms with E-state index in [-0.39, 0.29) is 32.3 Å². The number of hydrogen-bond acceptors (Lipinski definition) is 5. The van der Waals surface area contributed by atoms with Crippen LogP contribution < -0.4 is 0 Å². The maximum absolute atomic E-state index is 10.4. The fraction of sp³-hybridized carbons (Fsp3) is 0.667. The van der Waals surface area contributed by atoms with Crippen molar-refractivity contribution < 1.29 is 37.4 Å². The van der Waals surface area contributed by atoms with Gasteiger partial charge in [0.2, 0.25) is 0 Å². The van der Waals surface area contributed by atoms with Crippen molar-refractivity contribution >= 4 is 24.3 Å². The molecule has 4 nitrogen and oxygen atoms in total. The van der Waals surface area contributed by atoms with Gasteiger partial charge in [-0.3, -0.25) is 9.59 Å². The zero-order valence-electron chi connectivity index (χ0n) is 7.16. The van der Waals surface area contributed by atoms with Crippen LogP contribution in [0.2, 0.25) is 0 Å². The van der Waals surface area contributed by atoms with Crippen LogP contribution in [0.1, 0.15) is 26.7 Å². The molecule has 0 radical (unpaired) electrons. The van der Waals surface area contributed by atoms with Crippen LogP contribution in [0.3, 0.4) is 0 Å². The summed E-state index contributed by atoms with van der Waals surface area (Å²) in [6.07, 6.45) is 0.549. The third-order valence-corrected chi connectivity index (χ3v) is 1.34. The van der Waals surface area contributed by atoms with Gasteiger partial charge >= 0.3 is 11.9 Å². The van der Waals surface area contributed by atoms with Gasteiger partial charge in [0.15, 0.2) is 0 Å². The summed E-state index contributed by atoms with van der Waals surface area (Å²) in [5, 5.41) is 0. The minimum absolute atomic E-state index is 0. The molecule has 6 heteroatoms. The SMILES string of the molecule is CCC(=O)OSOC(=O)CC.[Zn]. The molecular weight excluding hydrogens is 234 g/mol. The second kappa shape index (κ2) is 9.01. The molecule has 0 aliphatic rings. The van der Waals surface area contributed by atoms with Gasteiger partial charge in [-0.2, -0.15) is 0 Å². The molecule has 0 saturated carbocycles. The van der Waals surface area contributed by atoms with E-state index < -0.39 is 11.9 Å². The molecule has 0 spiro atoms. The summed E-state index contributed by atoms with van der Waals surface area (Å²) in [4.78, 5) is 20.9. The molecule has 0 unspecified atom stereocenters. The van der Waals surface area contributed by atoms with Crippen LogP contribution in [0.5, 0.6) is 0 Å². The summed E-state index contributed by atoms with van der Waals surface area (Å²) in [5.41, 5.74) is 0. The maximum atomic E-state index is 10.4. The van der Waals surface area contributed by atoms with Crippen LogP contribution in [0.15, 0.2) is 0 Å². The molecule has 0 bridgehead atoms. The molecule has 0 amide bonds. The molecule has 0 aromatic carbocycles. The Morgan fingerprint density at radius 2 is 1.42 bits per heavy atom. The average Bonchev–Trinajstić information content (AvgIpc) is 2.04. The third-order valence-electron chi connectivity index (χ3n) is 0.831. The normalized spacial score (nSPS) is 8.17. The van der Waals surface area contributed by atoms with Crippen molar-refractivity contribution in [3.8, 4) is 0 Å². The first-order chi connectivity index (χ1) is 5.20. The first kappa shape index (κ1) is 14.4. The van der Waals surface area contributed by atoms with E-state index in [1.54, 1.807) is 13.8 Å². The number of carbonyl (C=O) groups excluding carboxylic acids is 2. The Bertz CT molecular complexity index is 134. The van der Waals surface area contributed by atoms with Gasteiger partial charge in [-0.15, -0.1) is 0 Å². The van der Waals surface area contributed by atoms with Gasteiger partial charge in [-0.1, -0.05) is 13.8 Å². The molecule has 66 valence electrons. The fourth-order valence-electron chi connectivity index (χ4n) is 0.211. The van der Waals surface area contributed by atoms with Gasteiger partial charge in [-0.05, 0) is 0 Å². The molecule has 0 N–H and O–H groups in total. The topological polar surface area (TPSA) is 52.6 Å². The third kappa shape index (κ3) is 8.01. The molecule has 0 aromatic rings. The van der Waals surface area contributed by atoms with Crippen LogP contribution in [0, 0.1) is 0 Å². The Morgan fingerprint density at radius 1 is 1.08 bits per heavy atom. The molecule has 12 heavy (non-hydrogen) atoms. The summed E-state index contributed by atoms with van der Waals surface area (Å²) in [5.74, 6) is -0.808. The van der Waals surface area contributed by atoms with Crippen molar-refractivity contribution in [2.75, 3.05) is 0 Å². The fourth-order valence-corrected chi connectivity index (χ4v) is 0.632. The monoisotopic (exact) mass is 242 g/mol. The zero-order chi connectivity index (χ0) is 8.69.